The van der Waals surface area contributed by atoms with E-state index in [2.05, 4.69) is 0 Å². The molecule has 1 saturated heterocycles. The van der Waals surface area contributed by atoms with Crippen molar-refractivity contribution in [1.82, 2.24) is 14.9 Å². The fourth-order valence-electron chi connectivity index (χ4n) is 4.08. The number of pyridine rings is 1. The number of amides is 1. The summed E-state index contributed by atoms with van der Waals surface area (Å²) in [6.45, 7) is 5.15. The molecule has 0 bridgehead atoms. The van der Waals surface area contributed by atoms with Crippen LogP contribution in [0.4, 0.5) is 4.79 Å². The first-order chi connectivity index (χ1) is 16.2. The van der Waals surface area contributed by atoms with E-state index in [-0.39, 0.29) is 31.0 Å². The van der Waals surface area contributed by atoms with Gasteiger partial charge in [-0.05, 0) is 43.2 Å². The minimum absolute atomic E-state index is 0.0637. The average molecular weight is 478 g/mol. The quantitative estimate of drug-likeness (QED) is 0.296. The zero-order valence-electron chi connectivity index (χ0n) is 21.0. The third-order valence-electron chi connectivity index (χ3n) is 5.99. The highest BCUT2D eigenvalue weighted by Crippen LogP contribution is 2.33. The molecule has 1 aromatic rings. The third-order valence-corrected chi connectivity index (χ3v) is 5.99. The Morgan fingerprint density at radius 2 is 2.00 bits per heavy atom. The van der Waals surface area contributed by atoms with E-state index in [4.69, 9.17) is 30.8 Å². The van der Waals surface area contributed by atoms with E-state index in [9.17, 15) is 9.59 Å². The molecule has 190 valence electrons. The fourth-order valence-corrected chi connectivity index (χ4v) is 4.08. The third kappa shape index (κ3) is 7.33. The Kier molecular flexibility index (Phi) is 10.6. The van der Waals surface area contributed by atoms with Crippen LogP contribution < -0.4 is 11.6 Å². The summed E-state index contributed by atoms with van der Waals surface area (Å²) in [5.41, 5.74) is 9.88. The van der Waals surface area contributed by atoms with Crippen molar-refractivity contribution < 1.29 is 23.8 Å². The van der Waals surface area contributed by atoms with E-state index in [0.717, 1.165) is 36.9 Å². The lowest BCUT2D eigenvalue weighted by Gasteiger charge is -2.30. The molecule has 0 radical (unpaired) electrons. The van der Waals surface area contributed by atoms with Gasteiger partial charge in [-0.25, -0.2) is 10.6 Å². The Morgan fingerprint density at radius 3 is 2.62 bits per heavy atom. The highest BCUT2D eigenvalue weighted by atomic mass is 16.6. The molecule has 1 fully saturated rings. The molecule has 2 rings (SSSR count). The summed E-state index contributed by atoms with van der Waals surface area (Å²) in [5.74, 6) is 5.95. The van der Waals surface area contributed by atoms with Crippen molar-refractivity contribution in [3.63, 3.8) is 0 Å². The predicted octanol–water partition coefficient (Wildman–Crippen LogP) is 2.38. The van der Waals surface area contributed by atoms with Gasteiger partial charge in [0.25, 0.3) is 0 Å². The van der Waals surface area contributed by atoms with Gasteiger partial charge in [0.05, 0.1) is 36.7 Å². The number of methoxy groups -OCH3 is 1. The van der Waals surface area contributed by atoms with Crippen LogP contribution in [0.2, 0.25) is 0 Å². The number of aromatic nitrogens is 1. The van der Waals surface area contributed by atoms with Crippen molar-refractivity contribution in [2.24, 2.45) is 11.6 Å². The molecule has 0 aromatic carbocycles. The van der Waals surface area contributed by atoms with Crippen LogP contribution in [-0.4, -0.2) is 74.0 Å². The topological polar surface area (TPSA) is 133 Å². The molecule has 1 aliphatic rings. The molecule has 1 amide bonds. The maximum Gasteiger partial charge on any atom is 0.409 e. The second-order valence-electron chi connectivity index (χ2n) is 8.53. The van der Waals surface area contributed by atoms with Gasteiger partial charge in [0.1, 0.15) is 6.61 Å². The number of hydrogen-bond acceptors (Lipinski definition) is 9. The zero-order chi connectivity index (χ0) is 25.3. The van der Waals surface area contributed by atoms with Crippen LogP contribution in [0.5, 0.6) is 0 Å². The molecule has 2 unspecified atom stereocenters. The van der Waals surface area contributed by atoms with Gasteiger partial charge in [0.2, 0.25) is 0 Å². The lowest BCUT2D eigenvalue weighted by molar-refractivity contribution is -0.144. The number of ether oxygens (including phenoxy) is 3. The van der Waals surface area contributed by atoms with E-state index < -0.39 is 6.09 Å². The summed E-state index contributed by atoms with van der Waals surface area (Å²) in [5, 5.41) is 1.35. The number of hydrazine groups is 1. The van der Waals surface area contributed by atoms with Crippen LogP contribution in [0.25, 0.3) is 5.70 Å². The number of carbonyl (C=O) groups is 2. The minimum atomic E-state index is -0.437. The molecule has 2 heterocycles. The average Bonchev–Trinajstić information content (AvgIpc) is 2.83. The van der Waals surface area contributed by atoms with E-state index in [1.54, 1.807) is 14.1 Å². The minimum Gasteiger partial charge on any atom is -0.469 e. The Bertz CT molecular complexity index is 873. The predicted molar refractivity (Wildman–Crippen MR) is 129 cm³/mol. The number of rotatable bonds is 10. The van der Waals surface area contributed by atoms with Crippen molar-refractivity contribution in [3.05, 3.63) is 34.8 Å². The van der Waals surface area contributed by atoms with E-state index in [1.807, 2.05) is 26.0 Å². The molecule has 0 saturated carbocycles. The van der Waals surface area contributed by atoms with Gasteiger partial charge in [-0.3, -0.25) is 9.78 Å². The van der Waals surface area contributed by atoms with Crippen molar-refractivity contribution in [2.45, 2.75) is 58.0 Å². The number of aryl methyl sites for hydroxylation is 1. The Hall–Kier alpha value is -2.85. The van der Waals surface area contributed by atoms with Gasteiger partial charge in [-0.1, -0.05) is 19.9 Å². The normalized spacial score (nSPS) is 18.6. The fraction of sp³-hybridized carbons (Fsp3) is 0.625. The maximum absolute atomic E-state index is 12.2. The molecule has 10 nitrogen and oxygen atoms in total. The number of nitrogens with zero attached hydrogens (tertiary/aromatic N) is 3. The number of likely N-dealkylation sites (N-methyl/N-ethyl adjacent to an activating group) is 1. The van der Waals surface area contributed by atoms with Gasteiger partial charge in [-0.15, -0.1) is 0 Å². The number of carbonyl (C=O) groups excluding carboxylic acids is 2. The van der Waals surface area contributed by atoms with E-state index >= 15 is 0 Å². The van der Waals surface area contributed by atoms with Gasteiger partial charge < -0.3 is 29.9 Å². The Balaban J connectivity index is 2.23. The summed E-state index contributed by atoms with van der Waals surface area (Å²) in [7, 11) is 4.71. The largest absolute Gasteiger partial charge is 0.469 e. The summed E-state index contributed by atoms with van der Waals surface area (Å²) in [4.78, 5) is 30.2. The standard InChI is InChI=1S/C24H39N5O5/c1-6-11-28(3)24(31)34-15-21(29(4)26)23(25)20-9-8-18(19(7-2)27-20)16-10-12-33-17(13-16)14-22(30)32-5/h8-9,16-17H,6-7,10-15,25-26H2,1-5H3/b23-21-. The summed E-state index contributed by atoms with van der Waals surface area (Å²) < 4.78 is 15.9. The maximum atomic E-state index is 12.2. The second kappa shape index (κ2) is 13.1. The van der Waals surface area contributed by atoms with Crippen LogP contribution in [0, 0.1) is 0 Å². The zero-order valence-corrected chi connectivity index (χ0v) is 21.0. The molecular weight excluding hydrogens is 438 g/mol. The Morgan fingerprint density at radius 1 is 1.26 bits per heavy atom. The van der Waals surface area contributed by atoms with Gasteiger partial charge in [0, 0.05) is 32.9 Å². The van der Waals surface area contributed by atoms with E-state index in [0.29, 0.717) is 30.2 Å². The van der Waals surface area contributed by atoms with Gasteiger partial charge >= 0.3 is 12.1 Å². The first-order valence-electron chi connectivity index (χ1n) is 11.7. The lowest BCUT2D eigenvalue weighted by Crippen LogP contribution is -2.34. The summed E-state index contributed by atoms with van der Waals surface area (Å²) in [6, 6.07) is 3.90. The monoisotopic (exact) mass is 477 g/mol. The molecular formula is C24H39N5O5. The van der Waals surface area contributed by atoms with Crippen LogP contribution in [-0.2, 0) is 25.4 Å². The first-order valence-corrected chi connectivity index (χ1v) is 11.7. The molecule has 1 aromatic heterocycles. The summed E-state index contributed by atoms with van der Waals surface area (Å²) >= 11 is 0. The van der Waals surface area contributed by atoms with Crippen LogP contribution >= 0.6 is 0 Å². The number of nitrogens with two attached hydrogens (primary N) is 2. The molecule has 10 heteroatoms. The van der Waals surface area contributed by atoms with Gasteiger partial charge in [-0.2, -0.15) is 0 Å². The van der Waals surface area contributed by atoms with Crippen LogP contribution in [0.1, 0.15) is 62.4 Å². The first kappa shape index (κ1) is 27.4. The SMILES string of the molecule is CCCN(C)C(=O)OC/C(=C(/N)c1ccc(C2CCOC(CC(=O)OC)C2)c(CC)n1)N(C)N. The highest BCUT2D eigenvalue weighted by Gasteiger charge is 2.28. The molecule has 0 spiro atoms. The number of esters is 1. The van der Waals surface area contributed by atoms with Crippen LogP contribution in [0.3, 0.4) is 0 Å². The van der Waals surface area contributed by atoms with E-state index in [1.165, 1.54) is 17.0 Å². The molecule has 34 heavy (non-hydrogen) atoms. The van der Waals surface area contributed by atoms with Crippen LogP contribution in [0.15, 0.2) is 17.8 Å². The van der Waals surface area contributed by atoms with Crippen molar-refractivity contribution >= 4 is 17.8 Å². The second-order valence-corrected chi connectivity index (χ2v) is 8.53. The summed E-state index contributed by atoms with van der Waals surface area (Å²) in [6.07, 6.45) is 2.78. The smallest absolute Gasteiger partial charge is 0.409 e. The van der Waals surface area contributed by atoms with Crippen molar-refractivity contribution in [2.75, 3.05) is 41.0 Å². The molecule has 1 aliphatic heterocycles. The Labute approximate surface area is 202 Å². The van der Waals surface area contributed by atoms with Crippen molar-refractivity contribution in [3.8, 4) is 0 Å². The molecule has 2 atom stereocenters. The van der Waals surface area contributed by atoms with Gasteiger partial charge in [0.15, 0.2) is 0 Å². The lowest BCUT2D eigenvalue weighted by atomic mass is 9.86. The molecule has 0 aliphatic carbocycles. The number of hydrogen-bond donors (Lipinski definition) is 2. The molecule has 4 N–H and O–H groups in total. The highest BCUT2D eigenvalue weighted by molar-refractivity contribution is 5.70. The van der Waals surface area contributed by atoms with Crippen molar-refractivity contribution in [1.29, 1.82) is 0 Å².